The summed E-state index contributed by atoms with van der Waals surface area (Å²) in [5, 5.41) is 44.0. The smallest absolute Gasteiger partial charge is 0.406 e. The van der Waals surface area contributed by atoms with E-state index in [4.69, 9.17) is 36.8 Å². The fourth-order valence-corrected chi connectivity index (χ4v) is 5.99. The van der Waals surface area contributed by atoms with Crippen LogP contribution in [0.4, 0.5) is 13.2 Å². The molecule has 0 bridgehead atoms. The van der Waals surface area contributed by atoms with Crippen LogP contribution in [0.1, 0.15) is 42.4 Å². The van der Waals surface area contributed by atoms with E-state index in [1.165, 1.54) is 36.4 Å². The Kier molecular flexibility index (Phi) is 12.2. The standard InChI is InChI=1S/C25H28ClF3N2O3.C6H8O7/c1-30(16-25(27,28)29)23(33)19(12-18-13-20(32)6-7-22(18)26)14-31-10-8-24(9-11-31)21-5-3-2-4-17(21)15-34-24;7-3(8)1-6(13,5(11)12)2-4(9)10/h2-7,13,19,32H,8-12,14-16H2,1H3;13H,1-2H2,(H,7,8)(H,9,10)(H,11,12). The lowest BCUT2D eigenvalue weighted by Gasteiger charge is -2.40. The number of aliphatic carboxylic acids is 3. The number of carbonyl (C=O) groups is 4. The number of alkyl halides is 3. The molecule has 0 aromatic heterocycles. The van der Waals surface area contributed by atoms with E-state index < -0.39 is 60.9 Å². The number of nitrogens with zero attached hydrogens (tertiary/aromatic N) is 2. The number of fused-ring (bicyclic) bond motifs is 2. The number of rotatable bonds is 11. The van der Waals surface area contributed by atoms with Crippen LogP contribution in [0.5, 0.6) is 5.75 Å². The van der Waals surface area contributed by atoms with Crippen molar-refractivity contribution in [3.05, 3.63) is 64.2 Å². The number of ether oxygens (including phenoxy) is 1. The average Bonchev–Trinajstić information content (AvgIpc) is 3.32. The molecule has 258 valence electrons. The van der Waals surface area contributed by atoms with Gasteiger partial charge in [0, 0.05) is 31.7 Å². The molecule has 1 amide bonds. The van der Waals surface area contributed by atoms with E-state index in [0.717, 1.165) is 17.7 Å². The normalized spacial score (nSPS) is 16.5. The van der Waals surface area contributed by atoms with Crippen molar-refractivity contribution < 1.29 is 62.6 Å². The second-order valence-electron chi connectivity index (χ2n) is 11.7. The van der Waals surface area contributed by atoms with Gasteiger partial charge in [-0.2, -0.15) is 13.2 Å². The maximum atomic E-state index is 13.1. The molecule has 1 atom stereocenters. The highest BCUT2D eigenvalue weighted by Crippen LogP contribution is 2.44. The second kappa shape index (κ2) is 15.3. The van der Waals surface area contributed by atoms with Crippen molar-refractivity contribution >= 4 is 35.4 Å². The number of phenols is 1. The molecule has 2 aromatic carbocycles. The van der Waals surface area contributed by atoms with Crippen LogP contribution in [-0.2, 0) is 42.5 Å². The third-order valence-electron chi connectivity index (χ3n) is 8.08. The maximum Gasteiger partial charge on any atom is 0.406 e. The summed E-state index contributed by atoms with van der Waals surface area (Å²) >= 11 is 6.26. The van der Waals surface area contributed by atoms with Gasteiger partial charge in [0.15, 0.2) is 5.60 Å². The summed E-state index contributed by atoms with van der Waals surface area (Å²) in [7, 11) is 1.17. The predicted octanol–water partition coefficient (Wildman–Crippen LogP) is 3.50. The van der Waals surface area contributed by atoms with E-state index in [2.05, 4.69) is 17.0 Å². The number of carbonyl (C=O) groups excluding carboxylic acids is 1. The quantitative estimate of drug-likeness (QED) is 0.233. The van der Waals surface area contributed by atoms with Gasteiger partial charge in [-0.1, -0.05) is 35.9 Å². The molecule has 5 N–H and O–H groups in total. The third-order valence-corrected chi connectivity index (χ3v) is 8.45. The Morgan fingerprint density at radius 2 is 1.62 bits per heavy atom. The number of likely N-dealkylation sites (tertiary alicyclic amines) is 1. The largest absolute Gasteiger partial charge is 0.508 e. The zero-order valence-electron chi connectivity index (χ0n) is 25.4. The minimum absolute atomic E-state index is 0.00814. The predicted molar refractivity (Wildman–Crippen MR) is 160 cm³/mol. The van der Waals surface area contributed by atoms with Crippen molar-refractivity contribution in [2.75, 3.05) is 33.2 Å². The molecular weight excluding hydrogens is 653 g/mol. The lowest BCUT2D eigenvalue weighted by molar-refractivity contribution is -0.170. The number of aromatic hydroxyl groups is 1. The molecule has 1 fully saturated rings. The highest BCUT2D eigenvalue weighted by Gasteiger charge is 2.43. The zero-order chi connectivity index (χ0) is 35.2. The van der Waals surface area contributed by atoms with Gasteiger partial charge < -0.3 is 40.1 Å². The molecule has 2 heterocycles. The van der Waals surface area contributed by atoms with Gasteiger partial charge in [-0.15, -0.1) is 0 Å². The zero-order valence-corrected chi connectivity index (χ0v) is 26.1. The van der Waals surface area contributed by atoms with Gasteiger partial charge in [-0.25, -0.2) is 4.79 Å². The van der Waals surface area contributed by atoms with Crippen LogP contribution < -0.4 is 0 Å². The van der Waals surface area contributed by atoms with Gasteiger partial charge in [0.1, 0.15) is 12.3 Å². The molecule has 1 unspecified atom stereocenters. The van der Waals surface area contributed by atoms with E-state index >= 15 is 0 Å². The van der Waals surface area contributed by atoms with Gasteiger partial charge >= 0.3 is 24.1 Å². The maximum absolute atomic E-state index is 13.1. The van der Waals surface area contributed by atoms with Crippen molar-refractivity contribution in [1.29, 1.82) is 0 Å². The van der Waals surface area contributed by atoms with Gasteiger partial charge in [-0.05, 0) is 54.2 Å². The molecule has 2 aliphatic heterocycles. The number of carboxylic acids is 3. The average molecular weight is 689 g/mol. The van der Waals surface area contributed by atoms with Crippen LogP contribution in [0.2, 0.25) is 5.02 Å². The molecule has 1 saturated heterocycles. The Labute approximate surface area is 272 Å². The van der Waals surface area contributed by atoms with Crippen molar-refractivity contribution in [2.24, 2.45) is 5.92 Å². The number of amides is 1. The number of benzene rings is 2. The second-order valence-corrected chi connectivity index (χ2v) is 12.1. The summed E-state index contributed by atoms with van der Waals surface area (Å²) in [5.74, 6) is -6.36. The first-order valence-corrected chi connectivity index (χ1v) is 14.8. The topological polar surface area (TPSA) is 185 Å². The molecule has 0 aliphatic carbocycles. The van der Waals surface area contributed by atoms with Crippen LogP contribution >= 0.6 is 11.6 Å². The Morgan fingerprint density at radius 3 is 2.17 bits per heavy atom. The highest BCUT2D eigenvalue weighted by molar-refractivity contribution is 6.31. The fourth-order valence-electron chi connectivity index (χ4n) is 5.79. The highest BCUT2D eigenvalue weighted by atomic mass is 35.5. The van der Waals surface area contributed by atoms with Crippen molar-refractivity contribution in [3.63, 3.8) is 0 Å². The molecule has 1 spiro atoms. The number of halogens is 4. The summed E-state index contributed by atoms with van der Waals surface area (Å²) in [6.45, 7) is 0.883. The van der Waals surface area contributed by atoms with E-state index in [1.807, 2.05) is 12.1 Å². The van der Waals surface area contributed by atoms with Crippen molar-refractivity contribution in [2.45, 2.75) is 56.1 Å². The van der Waals surface area contributed by atoms with Gasteiger partial charge in [-0.3, -0.25) is 14.4 Å². The summed E-state index contributed by atoms with van der Waals surface area (Å²) in [5.41, 5.74) is -0.150. The van der Waals surface area contributed by atoms with Crippen LogP contribution in [0, 0.1) is 5.92 Å². The van der Waals surface area contributed by atoms with Crippen LogP contribution in [0.25, 0.3) is 0 Å². The first-order chi connectivity index (χ1) is 21.8. The van der Waals surface area contributed by atoms with Gasteiger partial charge in [0.2, 0.25) is 5.91 Å². The molecule has 12 nitrogen and oxygen atoms in total. The minimum Gasteiger partial charge on any atom is -0.508 e. The number of hydrogen-bond donors (Lipinski definition) is 5. The molecular formula is C31H36ClF3N2O10. The summed E-state index contributed by atoms with van der Waals surface area (Å²) in [4.78, 5) is 46.4. The van der Waals surface area contributed by atoms with Crippen molar-refractivity contribution in [3.8, 4) is 5.75 Å². The lowest BCUT2D eigenvalue weighted by atomic mass is 9.83. The van der Waals surface area contributed by atoms with Gasteiger partial charge in [0.05, 0.1) is 31.0 Å². The molecule has 16 heteroatoms. The number of carboxylic acid groups (broad SMARTS) is 3. The molecule has 2 aliphatic rings. The van der Waals surface area contributed by atoms with Crippen LogP contribution in [0.15, 0.2) is 42.5 Å². The number of piperidine rings is 1. The monoisotopic (exact) mass is 688 g/mol. The summed E-state index contributed by atoms with van der Waals surface area (Å²) < 4.78 is 45.0. The number of hydrogen-bond acceptors (Lipinski definition) is 8. The Hall–Kier alpha value is -3.92. The van der Waals surface area contributed by atoms with Crippen LogP contribution in [-0.4, -0.2) is 104 Å². The van der Waals surface area contributed by atoms with Gasteiger partial charge in [0.25, 0.3) is 0 Å². The number of phenolic OH excluding ortho intramolecular Hbond substituents is 1. The first-order valence-electron chi connectivity index (χ1n) is 14.5. The van der Waals surface area contributed by atoms with E-state index in [-0.39, 0.29) is 17.8 Å². The summed E-state index contributed by atoms with van der Waals surface area (Å²) in [6, 6.07) is 12.6. The van der Waals surface area contributed by atoms with E-state index in [1.54, 1.807) is 0 Å². The molecule has 47 heavy (non-hydrogen) atoms. The molecule has 4 rings (SSSR count). The molecule has 0 saturated carbocycles. The Balaban J connectivity index is 0.000000392. The molecule has 2 aromatic rings. The van der Waals surface area contributed by atoms with E-state index in [0.29, 0.717) is 36.8 Å². The summed E-state index contributed by atoms with van der Waals surface area (Å²) in [6.07, 6.45) is -5.15. The molecule has 0 radical (unpaired) electrons. The third kappa shape index (κ3) is 10.3. The first kappa shape index (κ1) is 37.5. The SMILES string of the molecule is CN(CC(F)(F)F)C(=O)C(Cc1cc(O)ccc1Cl)CN1CCC2(CC1)OCc1ccccc12.O=C(O)CC(O)(CC(=O)O)C(=O)O. The van der Waals surface area contributed by atoms with Crippen LogP contribution in [0.3, 0.4) is 0 Å². The van der Waals surface area contributed by atoms with E-state index in [9.17, 15) is 37.5 Å². The Morgan fingerprint density at radius 1 is 1.02 bits per heavy atom. The van der Waals surface area contributed by atoms with Crippen molar-refractivity contribution in [1.82, 2.24) is 9.80 Å². The minimum atomic E-state index is -4.48. The Bertz CT molecular complexity index is 1450. The number of aliphatic hydroxyl groups is 1. The lowest BCUT2D eigenvalue weighted by Crippen LogP contribution is -2.48. The fraction of sp³-hybridized carbons (Fsp3) is 0.484.